The van der Waals surface area contributed by atoms with Gasteiger partial charge in [-0.1, -0.05) is 23.8 Å². The van der Waals surface area contributed by atoms with Gasteiger partial charge in [0.2, 0.25) is 0 Å². The molecule has 4 aromatic rings. The van der Waals surface area contributed by atoms with Crippen molar-refractivity contribution in [2.24, 2.45) is 7.05 Å². The molecule has 0 fully saturated rings. The number of ether oxygens (including phenoxy) is 1. The van der Waals surface area contributed by atoms with Crippen molar-refractivity contribution in [2.45, 2.75) is 20.3 Å². The first-order valence-electron chi connectivity index (χ1n) is 11.3. The molecule has 4 rings (SSSR count). The average molecular weight is 475 g/mol. The Morgan fingerprint density at radius 3 is 2.54 bits per heavy atom. The van der Waals surface area contributed by atoms with Gasteiger partial charge in [0.15, 0.2) is 6.61 Å². The Kier molecular flexibility index (Phi) is 7.10. The van der Waals surface area contributed by atoms with Gasteiger partial charge >= 0.3 is 0 Å². The first-order valence-corrected chi connectivity index (χ1v) is 11.3. The number of carbonyl (C=O) groups is 2. The Hall–Kier alpha value is -4.20. The van der Waals surface area contributed by atoms with Crippen molar-refractivity contribution in [3.8, 4) is 5.75 Å². The fourth-order valence-electron chi connectivity index (χ4n) is 3.66. The minimum atomic E-state index is -0.405. The highest BCUT2D eigenvalue weighted by atomic mass is 19.1. The zero-order valence-corrected chi connectivity index (χ0v) is 19.9. The van der Waals surface area contributed by atoms with E-state index >= 15 is 0 Å². The molecule has 1 aromatic heterocycles. The number of nitrogens with zero attached hydrogens (tertiary/aromatic N) is 2. The van der Waals surface area contributed by atoms with E-state index in [9.17, 15) is 14.0 Å². The third kappa shape index (κ3) is 5.84. The van der Waals surface area contributed by atoms with Gasteiger partial charge in [-0.25, -0.2) is 9.37 Å². The van der Waals surface area contributed by atoms with E-state index in [1.807, 2.05) is 54.9 Å². The lowest BCUT2D eigenvalue weighted by Gasteiger charge is -2.08. The topological polar surface area (TPSA) is 85.2 Å². The quantitative estimate of drug-likeness (QED) is 0.398. The smallest absolute Gasteiger partial charge is 0.262 e. The van der Waals surface area contributed by atoms with Crippen LogP contribution in [-0.2, 0) is 18.3 Å². The molecule has 8 heteroatoms. The van der Waals surface area contributed by atoms with Gasteiger partial charge in [0, 0.05) is 31.3 Å². The lowest BCUT2D eigenvalue weighted by molar-refractivity contribution is -0.118. The first-order chi connectivity index (χ1) is 16.8. The second-order valence-corrected chi connectivity index (χ2v) is 8.41. The summed E-state index contributed by atoms with van der Waals surface area (Å²) < 4.78 is 21.2. The van der Waals surface area contributed by atoms with Crippen LogP contribution in [0.5, 0.6) is 5.75 Å². The number of anilines is 1. The van der Waals surface area contributed by atoms with E-state index in [0.29, 0.717) is 30.0 Å². The number of imidazole rings is 1. The van der Waals surface area contributed by atoms with E-state index in [2.05, 4.69) is 15.6 Å². The van der Waals surface area contributed by atoms with Crippen LogP contribution in [0.3, 0.4) is 0 Å². The van der Waals surface area contributed by atoms with E-state index in [1.54, 1.807) is 25.1 Å². The molecule has 0 aliphatic carbocycles. The monoisotopic (exact) mass is 474 g/mol. The van der Waals surface area contributed by atoms with Crippen molar-refractivity contribution in [3.63, 3.8) is 0 Å². The predicted octanol–water partition coefficient (Wildman–Crippen LogP) is 4.32. The fourth-order valence-corrected chi connectivity index (χ4v) is 3.66. The first kappa shape index (κ1) is 23.9. The van der Waals surface area contributed by atoms with Crippen molar-refractivity contribution in [2.75, 3.05) is 18.5 Å². The molecule has 0 saturated carbocycles. The molecule has 0 atom stereocenters. The summed E-state index contributed by atoms with van der Waals surface area (Å²) in [7, 11) is 1.90. The van der Waals surface area contributed by atoms with Crippen molar-refractivity contribution in [3.05, 3.63) is 89.0 Å². The molecule has 2 amide bonds. The standard InChI is InChI=1S/C27H27FN4O3/c1-17-4-9-21(10-5-17)35-16-26(33)30-20-8-11-24-23(15-20)31-25(32(24)3)12-13-29-27(34)19-7-6-18(2)22(28)14-19/h4-11,14-15H,12-13,16H2,1-3H3,(H,29,34)(H,30,33). The molecule has 35 heavy (non-hydrogen) atoms. The van der Waals surface area contributed by atoms with Gasteiger partial charge in [-0.05, 0) is 61.9 Å². The Morgan fingerprint density at radius 2 is 1.80 bits per heavy atom. The maximum absolute atomic E-state index is 13.7. The van der Waals surface area contributed by atoms with E-state index in [1.165, 1.54) is 6.07 Å². The molecular weight excluding hydrogens is 447 g/mol. The minimum Gasteiger partial charge on any atom is -0.484 e. The molecule has 180 valence electrons. The minimum absolute atomic E-state index is 0.0981. The number of hydrogen-bond acceptors (Lipinski definition) is 4. The number of halogens is 1. The molecule has 1 heterocycles. The Labute approximate surface area is 202 Å². The lowest BCUT2D eigenvalue weighted by atomic mass is 10.1. The van der Waals surface area contributed by atoms with Crippen molar-refractivity contribution in [1.82, 2.24) is 14.9 Å². The normalized spacial score (nSPS) is 10.9. The molecule has 0 spiro atoms. The van der Waals surface area contributed by atoms with Gasteiger partial charge in [-0.3, -0.25) is 9.59 Å². The zero-order chi connectivity index (χ0) is 24.9. The molecule has 0 radical (unpaired) electrons. The van der Waals surface area contributed by atoms with Crippen LogP contribution in [0.25, 0.3) is 11.0 Å². The summed E-state index contributed by atoms with van der Waals surface area (Å²) in [5, 5.41) is 5.63. The van der Waals surface area contributed by atoms with Gasteiger partial charge in [0.25, 0.3) is 11.8 Å². The molecule has 0 aliphatic rings. The summed E-state index contributed by atoms with van der Waals surface area (Å²) in [5.41, 5.74) is 4.15. The number of fused-ring (bicyclic) bond motifs is 1. The van der Waals surface area contributed by atoms with Crippen LogP contribution in [0, 0.1) is 19.7 Å². The number of hydrogen-bond donors (Lipinski definition) is 2. The zero-order valence-electron chi connectivity index (χ0n) is 19.9. The van der Waals surface area contributed by atoms with Crippen LogP contribution >= 0.6 is 0 Å². The lowest BCUT2D eigenvalue weighted by Crippen LogP contribution is -2.26. The second-order valence-electron chi connectivity index (χ2n) is 8.41. The number of amides is 2. The molecule has 0 unspecified atom stereocenters. The van der Waals surface area contributed by atoms with Gasteiger partial charge in [0.05, 0.1) is 11.0 Å². The fraction of sp³-hybridized carbons (Fsp3) is 0.222. The summed E-state index contributed by atoms with van der Waals surface area (Å²) in [4.78, 5) is 29.2. The summed E-state index contributed by atoms with van der Waals surface area (Å²) in [6.07, 6.45) is 0.497. The molecule has 0 aliphatic heterocycles. The molecule has 0 saturated heterocycles. The highest BCUT2D eigenvalue weighted by Crippen LogP contribution is 2.20. The van der Waals surface area contributed by atoms with Crippen LogP contribution in [0.2, 0.25) is 0 Å². The van der Waals surface area contributed by atoms with E-state index in [4.69, 9.17) is 4.74 Å². The van der Waals surface area contributed by atoms with Crippen molar-refractivity contribution < 1.29 is 18.7 Å². The molecule has 3 aromatic carbocycles. The van der Waals surface area contributed by atoms with Crippen LogP contribution in [0.4, 0.5) is 10.1 Å². The molecule has 2 N–H and O–H groups in total. The van der Waals surface area contributed by atoms with Crippen LogP contribution in [0.1, 0.15) is 27.3 Å². The van der Waals surface area contributed by atoms with Crippen molar-refractivity contribution >= 4 is 28.5 Å². The number of aryl methyl sites for hydroxylation is 3. The SMILES string of the molecule is Cc1ccc(OCC(=O)Nc2ccc3c(c2)nc(CCNC(=O)c2ccc(C)c(F)c2)n3C)cc1. The largest absolute Gasteiger partial charge is 0.484 e. The third-order valence-corrected chi connectivity index (χ3v) is 5.72. The summed E-state index contributed by atoms with van der Waals surface area (Å²) >= 11 is 0. The van der Waals surface area contributed by atoms with Crippen LogP contribution in [0.15, 0.2) is 60.7 Å². The molecular formula is C27H27FN4O3. The van der Waals surface area contributed by atoms with Gasteiger partial charge in [0.1, 0.15) is 17.4 Å². The second kappa shape index (κ2) is 10.4. The van der Waals surface area contributed by atoms with Crippen molar-refractivity contribution in [1.29, 1.82) is 0 Å². The number of benzene rings is 3. The van der Waals surface area contributed by atoms with Crippen LogP contribution in [-0.4, -0.2) is 34.5 Å². The van der Waals surface area contributed by atoms with E-state index < -0.39 is 5.82 Å². The van der Waals surface area contributed by atoms with Gasteiger partial charge in [-0.2, -0.15) is 0 Å². The number of nitrogens with one attached hydrogen (secondary N) is 2. The average Bonchev–Trinajstić information content (AvgIpc) is 3.15. The summed E-state index contributed by atoms with van der Waals surface area (Å²) in [5.74, 6) is 0.409. The Balaban J connectivity index is 1.34. The van der Waals surface area contributed by atoms with Gasteiger partial charge in [-0.15, -0.1) is 0 Å². The maximum atomic E-state index is 13.7. The summed E-state index contributed by atoms with van der Waals surface area (Å²) in [6, 6.07) is 17.4. The van der Waals surface area contributed by atoms with Gasteiger partial charge < -0.3 is 19.9 Å². The van der Waals surface area contributed by atoms with E-state index in [0.717, 1.165) is 22.4 Å². The van der Waals surface area contributed by atoms with Crippen LogP contribution < -0.4 is 15.4 Å². The molecule has 0 bridgehead atoms. The predicted molar refractivity (Wildman–Crippen MR) is 133 cm³/mol. The summed E-state index contributed by atoms with van der Waals surface area (Å²) in [6.45, 7) is 3.89. The third-order valence-electron chi connectivity index (χ3n) is 5.72. The number of rotatable bonds is 8. The highest BCUT2D eigenvalue weighted by molar-refractivity contribution is 5.94. The number of carbonyl (C=O) groups excluding carboxylic acids is 2. The van der Waals surface area contributed by atoms with E-state index in [-0.39, 0.29) is 24.0 Å². The highest BCUT2D eigenvalue weighted by Gasteiger charge is 2.12. The Morgan fingerprint density at radius 1 is 1.03 bits per heavy atom. The molecule has 7 nitrogen and oxygen atoms in total. The maximum Gasteiger partial charge on any atom is 0.262 e. The Bertz CT molecular complexity index is 1380. The number of aromatic nitrogens is 2.